The summed E-state index contributed by atoms with van der Waals surface area (Å²) < 4.78 is 7.45. The highest BCUT2D eigenvalue weighted by atomic mass is 32.2. The standard InChI is InChI=1S/C22H22N4O4S/c27-15-17-7-6-10-20(13-17)31-16-19-14-26(25-23-19)22(11-4-5-12-29-22)30-24-21(28)18-8-2-1-3-9-18/h1-3,6-10,13-15H,4-5,11-12,16H2,(H,24,28). The number of rotatable bonds is 8. The number of nitrogens with one attached hydrogen (secondary N) is 1. The van der Waals surface area contributed by atoms with Crippen LogP contribution < -0.4 is 5.48 Å². The molecule has 0 saturated carbocycles. The van der Waals surface area contributed by atoms with Crippen LogP contribution in [0.3, 0.4) is 0 Å². The van der Waals surface area contributed by atoms with Crippen molar-refractivity contribution >= 4 is 24.0 Å². The molecule has 1 saturated heterocycles. The van der Waals surface area contributed by atoms with Gasteiger partial charge in [-0.05, 0) is 37.1 Å². The van der Waals surface area contributed by atoms with E-state index in [1.165, 1.54) is 4.68 Å². The van der Waals surface area contributed by atoms with E-state index in [4.69, 9.17) is 9.57 Å². The summed E-state index contributed by atoms with van der Waals surface area (Å²) in [5, 5.41) is 8.43. The minimum Gasteiger partial charge on any atom is -0.330 e. The average Bonchev–Trinajstić information content (AvgIpc) is 3.32. The molecule has 1 amide bonds. The number of carbonyl (C=O) groups is 2. The molecule has 8 nitrogen and oxygen atoms in total. The fourth-order valence-electron chi connectivity index (χ4n) is 3.20. The molecule has 31 heavy (non-hydrogen) atoms. The molecule has 9 heteroatoms. The molecule has 1 fully saturated rings. The van der Waals surface area contributed by atoms with E-state index in [1.807, 2.05) is 24.3 Å². The van der Waals surface area contributed by atoms with Crippen molar-refractivity contribution in [3.05, 3.63) is 77.6 Å². The van der Waals surface area contributed by atoms with Gasteiger partial charge in [-0.1, -0.05) is 35.5 Å². The zero-order valence-corrected chi connectivity index (χ0v) is 17.6. The molecule has 2 heterocycles. The Bertz CT molecular complexity index is 1030. The van der Waals surface area contributed by atoms with Crippen molar-refractivity contribution < 1.29 is 19.2 Å². The average molecular weight is 439 g/mol. The summed E-state index contributed by atoms with van der Waals surface area (Å²) in [5.41, 5.74) is 4.34. The van der Waals surface area contributed by atoms with Crippen molar-refractivity contribution in [3.8, 4) is 0 Å². The molecule has 0 spiro atoms. The van der Waals surface area contributed by atoms with Gasteiger partial charge in [0.2, 0.25) is 0 Å². The van der Waals surface area contributed by atoms with Gasteiger partial charge in [-0.15, -0.1) is 16.9 Å². The third-order valence-electron chi connectivity index (χ3n) is 4.82. The van der Waals surface area contributed by atoms with Gasteiger partial charge >= 0.3 is 0 Å². The number of aromatic nitrogens is 3. The van der Waals surface area contributed by atoms with E-state index in [0.717, 1.165) is 29.7 Å². The van der Waals surface area contributed by atoms with Crippen LogP contribution in [0.1, 0.15) is 45.7 Å². The lowest BCUT2D eigenvalue weighted by molar-refractivity contribution is -0.335. The first-order valence-electron chi connectivity index (χ1n) is 9.96. The van der Waals surface area contributed by atoms with Gasteiger partial charge in [-0.2, -0.15) is 4.68 Å². The molecule has 0 bridgehead atoms. The topological polar surface area (TPSA) is 95.3 Å². The van der Waals surface area contributed by atoms with Crippen LogP contribution in [0.5, 0.6) is 0 Å². The quantitative estimate of drug-likeness (QED) is 0.326. The van der Waals surface area contributed by atoms with Gasteiger partial charge in [0.15, 0.2) is 0 Å². The molecule has 2 aromatic carbocycles. The first kappa shape index (κ1) is 21.2. The fourth-order valence-corrected chi connectivity index (χ4v) is 4.04. The number of nitrogens with zero attached hydrogens (tertiary/aromatic N) is 3. The van der Waals surface area contributed by atoms with Crippen LogP contribution in [0.15, 0.2) is 65.7 Å². The highest BCUT2D eigenvalue weighted by molar-refractivity contribution is 7.98. The highest BCUT2D eigenvalue weighted by Gasteiger charge is 2.39. The lowest BCUT2D eigenvalue weighted by Crippen LogP contribution is -2.47. The van der Waals surface area contributed by atoms with Crippen molar-refractivity contribution in [1.82, 2.24) is 20.5 Å². The Kier molecular flexibility index (Phi) is 6.76. The second-order valence-electron chi connectivity index (χ2n) is 7.05. The van der Waals surface area contributed by atoms with Gasteiger partial charge in [0, 0.05) is 28.2 Å². The molecular weight excluding hydrogens is 416 g/mol. The molecule has 1 N–H and O–H groups in total. The summed E-state index contributed by atoms with van der Waals surface area (Å²) >= 11 is 1.55. The van der Waals surface area contributed by atoms with Gasteiger partial charge in [0.1, 0.15) is 6.29 Å². The first-order valence-corrected chi connectivity index (χ1v) is 10.9. The number of amides is 1. The molecule has 1 aliphatic heterocycles. The third kappa shape index (κ3) is 5.19. The van der Waals surface area contributed by atoms with Crippen LogP contribution in [0.25, 0.3) is 0 Å². The number of ether oxygens (including phenoxy) is 1. The Labute approximate surface area is 183 Å². The van der Waals surface area contributed by atoms with Crippen LogP contribution in [0, 0.1) is 0 Å². The monoisotopic (exact) mass is 438 g/mol. The van der Waals surface area contributed by atoms with Crippen molar-refractivity contribution in [2.75, 3.05) is 6.61 Å². The van der Waals surface area contributed by atoms with Gasteiger partial charge in [-0.25, -0.2) is 10.3 Å². The van der Waals surface area contributed by atoms with Crippen LogP contribution in [-0.2, 0) is 21.2 Å². The number of thioether (sulfide) groups is 1. The van der Waals surface area contributed by atoms with Crippen LogP contribution in [-0.4, -0.2) is 33.8 Å². The summed E-state index contributed by atoms with van der Waals surface area (Å²) in [5.74, 6) is -1.04. The summed E-state index contributed by atoms with van der Waals surface area (Å²) in [4.78, 5) is 30.1. The minimum atomic E-state index is -1.24. The Morgan fingerprint density at radius 1 is 1.23 bits per heavy atom. The van der Waals surface area contributed by atoms with E-state index in [9.17, 15) is 9.59 Å². The van der Waals surface area contributed by atoms with Crippen LogP contribution >= 0.6 is 11.8 Å². The van der Waals surface area contributed by atoms with Gasteiger partial charge in [-0.3, -0.25) is 9.59 Å². The van der Waals surface area contributed by atoms with E-state index in [2.05, 4.69) is 15.8 Å². The molecule has 0 radical (unpaired) electrons. The lowest BCUT2D eigenvalue weighted by atomic mass is 10.1. The summed E-state index contributed by atoms with van der Waals surface area (Å²) in [7, 11) is 0. The number of hydrogen-bond donors (Lipinski definition) is 1. The first-order chi connectivity index (χ1) is 15.2. The molecular formula is C22H22N4O4S. The van der Waals surface area contributed by atoms with Gasteiger partial charge < -0.3 is 4.74 Å². The van der Waals surface area contributed by atoms with E-state index >= 15 is 0 Å². The second kappa shape index (κ2) is 9.86. The maximum absolute atomic E-state index is 12.4. The second-order valence-corrected chi connectivity index (χ2v) is 8.10. The van der Waals surface area contributed by atoms with Crippen LogP contribution in [0.2, 0.25) is 0 Å². The molecule has 1 atom stereocenters. The number of hydroxylamine groups is 1. The number of carbonyl (C=O) groups excluding carboxylic acids is 2. The molecule has 3 aromatic rings. The molecule has 1 aromatic heterocycles. The van der Waals surface area contributed by atoms with Crippen molar-refractivity contribution in [2.45, 2.75) is 35.8 Å². The van der Waals surface area contributed by atoms with E-state index in [1.54, 1.807) is 48.3 Å². The SMILES string of the molecule is O=Cc1cccc(SCc2cn(C3(ONC(=O)c4ccccc4)CCCCO3)nn2)c1. The summed E-state index contributed by atoms with van der Waals surface area (Å²) in [6.45, 7) is 0.490. The van der Waals surface area contributed by atoms with E-state index < -0.39 is 5.91 Å². The van der Waals surface area contributed by atoms with Gasteiger partial charge in [0.05, 0.1) is 18.5 Å². The number of hydrogen-bond acceptors (Lipinski definition) is 7. The lowest BCUT2D eigenvalue weighted by Gasteiger charge is -2.35. The minimum absolute atomic E-state index is 0.361. The zero-order valence-electron chi connectivity index (χ0n) is 16.8. The van der Waals surface area contributed by atoms with Crippen molar-refractivity contribution in [2.24, 2.45) is 0 Å². The molecule has 160 valence electrons. The van der Waals surface area contributed by atoms with Crippen LogP contribution in [0.4, 0.5) is 0 Å². The molecule has 4 rings (SSSR count). The Hall–Kier alpha value is -3.01. The maximum atomic E-state index is 12.4. The largest absolute Gasteiger partial charge is 0.330 e. The Balaban J connectivity index is 1.44. The molecule has 1 aliphatic rings. The highest BCUT2D eigenvalue weighted by Crippen LogP contribution is 2.31. The smallest absolute Gasteiger partial charge is 0.294 e. The predicted molar refractivity (Wildman–Crippen MR) is 114 cm³/mol. The van der Waals surface area contributed by atoms with E-state index in [-0.39, 0.29) is 5.91 Å². The molecule has 1 unspecified atom stereocenters. The van der Waals surface area contributed by atoms with Gasteiger partial charge in [0.25, 0.3) is 11.8 Å². The summed E-state index contributed by atoms with van der Waals surface area (Å²) in [6.07, 6.45) is 4.88. The van der Waals surface area contributed by atoms with Crippen molar-refractivity contribution in [1.29, 1.82) is 0 Å². The van der Waals surface area contributed by atoms with Crippen molar-refractivity contribution in [3.63, 3.8) is 0 Å². The Morgan fingerprint density at radius 2 is 2.10 bits per heavy atom. The maximum Gasteiger partial charge on any atom is 0.294 e. The summed E-state index contributed by atoms with van der Waals surface area (Å²) in [6, 6.07) is 16.2. The number of benzene rings is 2. The van der Waals surface area contributed by atoms with E-state index in [0.29, 0.717) is 29.9 Å². The fraction of sp³-hybridized carbons (Fsp3) is 0.273. The normalized spacial score (nSPS) is 18.5. The predicted octanol–water partition coefficient (Wildman–Crippen LogP) is 3.56. The molecule has 0 aliphatic carbocycles. The Morgan fingerprint density at radius 3 is 2.87 bits per heavy atom. The number of aldehydes is 1. The zero-order chi connectivity index (χ0) is 21.5. The third-order valence-corrected chi connectivity index (χ3v) is 5.85.